The van der Waals surface area contributed by atoms with E-state index in [1.54, 1.807) is 6.20 Å². The molecule has 0 saturated carbocycles. The summed E-state index contributed by atoms with van der Waals surface area (Å²) in [6.07, 6.45) is 1.96. The minimum atomic E-state index is -0.252. The summed E-state index contributed by atoms with van der Waals surface area (Å²) in [5, 5.41) is 5.03. The van der Waals surface area contributed by atoms with E-state index in [1.165, 1.54) is 0 Å². The van der Waals surface area contributed by atoms with E-state index in [0.29, 0.717) is 5.02 Å². The number of hydrogen-bond acceptors (Lipinski definition) is 3. The van der Waals surface area contributed by atoms with Gasteiger partial charge in [-0.1, -0.05) is 54.1 Å². The van der Waals surface area contributed by atoms with Gasteiger partial charge in [-0.25, -0.2) is 0 Å². The molecule has 0 saturated heterocycles. The van der Waals surface area contributed by atoms with Gasteiger partial charge in [0.1, 0.15) is 6.61 Å². The minimum absolute atomic E-state index is 0.174. The Kier molecular flexibility index (Phi) is 3.82. The number of benzene rings is 2. The number of carbonyl (C=O) groups is 1. The molecule has 0 bridgehead atoms. The van der Waals surface area contributed by atoms with E-state index < -0.39 is 0 Å². The summed E-state index contributed by atoms with van der Waals surface area (Å²) in [6, 6.07) is 17.1. The SMILES string of the molecule is O=C(CC1c2cccc(Cl)c2-c2ccnn21)OCc1ccccc1. The van der Waals surface area contributed by atoms with Crippen LogP contribution in [0.2, 0.25) is 5.02 Å². The van der Waals surface area contributed by atoms with Gasteiger partial charge in [0.05, 0.1) is 23.2 Å². The highest BCUT2D eigenvalue weighted by Gasteiger charge is 2.32. The fourth-order valence-electron chi connectivity index (χ4n) is 3.13. The standard InChI is InChI=1S/C19H15ClN2O2/c20-15-8-4-7-14-17(22-16(19(14)15)9-10-21-22)11-18(23)24-12-13-5-2-1-3-6-13/h1-10,17H,11-12H2. The molecule has 0 aliphatic carbocycles. The molecule has 0 N–H and O–H groups in total. The lowest BCUT2D eigenvalue weighted by molar-refractivity contribution is -0.145. The molecule has 1 aromatic heterocycles. The summed E-state index contributed by atoms with van der Waals surface area (Å²) in [5.74, 6) is -0.252. The van der Waals surface area contributed by atoms with Crippen LogP contribution in [0.5, 0.6) is 0 Å². The van der Waals surface area contributed by atoms with E-state index in [4.69, 9.17) is 16.3 Å². The molecule has 2 heterocycles. The predicted octanol–water partition coefficient (Wildman–Crippen LogP) is 4.24. The van der Waals surface area contributed by atoms with Crippen LogP contribution >= 0.6 is 11.6 Å². The van der Waals surface area contributed by atoms with E-state index in [2.05, 4.69) is 5.10 Å². The van der Waals surface area contributed by atoms with Gasteiger partial charge in [0.15, 0.2) is 0 Å². The van der Waals surface area contributed by atoms with Gasteiger partial charge in [-0.2, -0.15) is 5.10 Å². The number of nitrogens with zero attached hydrogens (tertiary/aromatic N) is 2. The highest BCUT2D eigenvalue weighted by Crippen LogP contribution is 2.44. The highest BCUT2D eigenvalue weighted by atomic mass is 35.5. The zero-order valence-electron chi connectivity index (χ0n) is 12.9. The van der Waals surface area contributed by atoms with Gasteiger partial charge in [0.25, 0.3) is 0 Å². The van der Waals surface area contributed by atoms with Crippen molar-refractivity contribution in [3.63, 3.8) is 0 Å². The number of rotatable bonds is 4. The Morgan fingerprint density at radius 3 is 2.79 bits per heavy atom. The highest BCUT2D eigenvalue weighted by molar-refractivity contribution is 6.33. The third-order valence-electron chi connectivity index (χ3n) is 4.23. The summed E-state index contributed by atoms with van der Waals surface area (Å²) >= 11 is 6.34. The number of fused-ring (bicyclic) bond motifs is 3. The topological polar surface area (TPSA) is 44.1 Å². The second-order valence-corrected chi connectivity index (χ2v) is 6.14. The van der Waals surface area contributed by atoms with Gasteiger partial charge in [-0.05, 0) is 23.3 Å². The summed E-state index contributed by atoms with van der Waals surface area (Å²) in [4.78, 5) is 12.3. The van der Waals surface area contributed by atoms with Gasteiger partial charge in [-0.3, -0.25) is 9.48 Å². The van der Waals surface area contributed by atoms with Crippen molar-refractivity contribution in [2.75, 3.05) is 0 Å². The molecule has 5 heteroatoms. The minimum Gasteiger partial charge on any atom is -0.461 e. The third kappa shape index (κ3) is 2.59. The Labute approximate surface area is 144 Å². The molecule has 1 atom stereocenters. The van der Waals surface area contributed by atoms with E-state index in [9.17, 15) is 4.79 Å². The molecule has 4 nitrogen and oxygen atoms in total. The van der Waals surface area contributed by atoms with Gasteiger partial charge in [0.2, 0.25) is 0 Å². The second kappa shape index (κ2) is 6.13. The van der Waals surface area contributed by atoms with Gasteiger partial charge in [0, 0.05) is 11.8 Å². The van der Waals surface area contributed by atoms with Crippen LogP contribution in [0.15, 0.2) is 60.8 Å². The summed E-state index contributed by atoms with van der Waals surface area (Å²) in [5.41, 5.74) is 3.89. The van der Waals surface area contributed by atoms with Crippen molar-refractivity contribution in [2.24, 2.45) is 0 Å². The van der Waals surface area contributed by atoms with Crippen LogP contribution in [0.4, 0.5) is 0 Å². The molecule has 1 aliphatic rings. The van der Waals surface area contributed by atoms with E-state index in [0.717, 1.165) is 22.4 Å². The molecule has 2 aromatic carbocycles. The van der Waals surface area contributed by atoms with E-state index >= 15 is 0 Å². The maximum Gasteiger partial charge on any atom is 0.308 e. The normalized spacial score (nSPS) is 15.0. The lowest BCUT2D eigenvalue weighted by Gasteiger charge is -2.13. The number of aromatic nitrogens is 2. The summed E-state index contributed by atoms with van der Waals surface area (Å²) in [6.45, 7) is 0.279. The molecule has 1 unspecified atom stereocenters. The average Bonchev–Trinajstić information content (AvgIpc) is 3.17. The fraction of sp³-hybridized carbons (Fsp3) is 0.158. The molecule has 0 amide bonds. The molecule has 0 radical (unpaired) electrons. The lowest BCUT2D eigenvalue weighted by atomic mass is 10.0. The number of esters is 1. The van der Waals surface area contributed by atoms with Crippen molar-refractivity contribution in [3.8, 4) is 11.3 Å². The maximum absolute atomic E-state index is 12.3. The van der Waals surface area contributed by atoms with Crippen molar-refractivity contribution in [2.45, 2.75) is 19.1 Å². The molecule has 0 spiro atoms. The fourth-order valence-corrected chi connectivity index (χ4v) is 3.41. The Bertz CT molecular complexity index is 889. The van der Waals surface area contributed by atoms with Gasteiger partial charge in [-0.15, -0.1) is 0 Å². The number of carbonyl (C=O) groups excluding carboxylic acids is 1. The first-order chi connectivity index (χ1) is 11.7. The van der Waals surface area contributed by atoms with Crippen LogP contribution in [-0.4, -0.2) is 15.7 Å². The summed E-state index contributed by atoms with van der Waals surface area (Å²) in [7, 11) is 0. The van der Waals surface area contributed by atoms with Gasteiger partial charge >= 0.3 is 5.97 Å². The largest absolute Gasteiger partial charge is 0.461 e. The maximum atomic E-state index is 12.3. The van der Waals surface area contributed by atoms with Crippen molar-refractivity contribution < 1.29 is 9.53 Å². The Morgan fingerprint density at radius 1 is 1.12 bits per heavy atom. The lowest BCUT2D eigenvalue weighted by Crippen LogP contribution is -2.15. The molecule has 3 aromatic rings. The molecule has 120 valence electrons. The average molecular weight is 339 g/mol. The van der Waals surface area contributed by atoms with E-state index in [1.807, 2.05) is 59.3 Å². The molecule has 4 rings (SSSR count). The van der Waals surface area contributed by atoms with Crippen molar-refractivity contribution in [1.82, 2.24) is 9.78 Å². The Morgan fingerprint density at radius 2 is 1.96 bits per heavy atom. The molecular weight excluding hydrogens is 324 g/mol. The van der Waals surface area contributed by atoms with Crippen LogP contribution in [0.25, 0.3) is 11.3 Å². The number of ether oxygens (including phenoxy) is 1. The predicted molar refractivity (Wildman–Crippen MR) is 91.7 cm³/mol. The van der Waals surface area contributed by atoms with Crippen LogP contribution < -0.4 is 0 Å². The quantitative estimate of drug-likeness (QED) is 0.668. The van der Waals surface area contributed by atoms with Gasteiger partial charge < -0.3 is 4.74 Å². The second-order valence-electron chi connectivity index (χ2n) is 5.73. The molecular formula is C19H15ClN2O2. The van der Waals surface area contributed by atoms with Crippen molar-refractivity contribution >= 4 is 17.6 Å². The Hall–Kier alpha value is -2.59. The van der Waals surface area contributed by atoms with Crippen LogP contribution in [0.1, 0.15) is 23.6 Å². The number of hydrogen-bond donors (Lipinski definition) is 0. The van der Waals surface area contributed by atoms with Crippen LogP contribution in [-0.2, 0) is 16.1 Å². The van der Waals surface area contributed by atoms with Crippen LogP contribution in [0.3, 0.4) is 0 Å². The first-order valence-electron chi connectivity index (χ1n) is 7.76. The van der Waals surface area contributed by atoms with Crippen LogP contribution in [0, 0.1) is 0 Å². The molecule has 1 aliphatic heterocycles. The zero-order valence-corrected chi connectivity index (χ0v) is 13.6. The zero-order chi connectivity index (χ0) is 16.5. The first-order valence-corrected chi connectivity index (χ1v) is 8.13. The number of halogens is 1. The monoisotopic (exact) mass is 338 g/mol. The van der Waals surface area contributed by atoms with Crippen molar-refractivity contribution in [3.05, 3.63) is 76.9 Å². The summed E-state index contributed by atoms with van der Waals surface area (Å²) < 4.78 is 7.26. The first kappa shape index (κ1) is 15.0. The Balaban J connectivity index is 1.53. The smallest absolute Gasteiger partial charge is 0.308 e. The van der Waals surface area contributed by atoms with E-state index in [-0.39, 0.29) is 25.0 Å². The molecule has 0 fully saturated rings. The third-order valence-corrected chi connectivity index (χ3v) is 4.54. The van der Waals surface area contributed by atoms with Crippen molar-refractivity contribution in [1.29, 1.82) is 0 Å². The molecule has 24 heavy (non-hydrogen) atoms.